The largest absolute Gasteiger partial charge is 0.494 e. The Bertz CT molecular complexity index is 1250. The van der Waals surface area contributed by atoms with Crippen LogP contribution in [-0.4, -0.2) is 51.2 Å². The Morgan fingerprint density at radius 2 is 1.62 bits per heavy atom. The van der Waals surface area contributed by atoms with E-state index in [0.29, 0.717) is 59.3 Å². The number of carbonyl (C=O) groups excluding carboxylic acids is 1. The molecule has 0 aliphatic heterocycles. The van der Waals surface area contributed by atoms with Crippen LogP contribution in [-0.2, 0) is 4.79 Å². The SMILES string of the molecule is COc1cc(N=C(N)N)c(-c2cnsc2-c2cc(OC)c(OC)c(OC)c2)cc1NC(=O)CCCCN. The van der Waals surface area contributed by atoms with E-state index in [1.807, 2.05) is 12.1 Å². The summed E-state index contributed by atoms with van der Waals surface area (Å²) in [5, 5.41) is 2.92. The van der Waals surface area contributed by atoms with Crippen LogP contribution in [0.25, 0.3) is 21.6 Å². The predicted octanol–water partition coefficient (Wildman–Crippen LogP) is 3.48. The molecule has 11 nitrogen and oxygen atoms in total. The molecule has 3 aromatic rings. The van der Waals surface area contributed by atoms with E-state index in [-0.39, 0.29) is 11.9 Å². The number of aliphatic imine (C=N–C) groups is 1. The van der Waals surface area contributed by atoms with Gasteiger partial charge in [0.2, 0.25) is 11.7 Å². The quantitative estimate of drug-likeness (QED) is 0.156. The number of nitrogens with zero attached hydrogens (tertiary/aromatic N) is 2. The summed E-state index contributed by atoms with van der Waals surface area (Å²) in [5.41, 5.74) is 20.1. The van der Waals surface area contributed by atoms with E-state index in [9.17, 15) is 4.79 Å². The molecule has 2 aromatic carbocycles. The first kappa shape index (κ1) is 27.6. The standard InChI is InChI=1S/C25H32N6O5S/c1-33-19-12-17(31-25(27)28)15(11-18(19)30-22(32)7-5-6-8-26)16-13-29-37-24(16)14-9-20(34-2)23(36-4)21(10-14)35-3/h9-13H,5-8,26H2,1-4H3,(H,30,32)(H4,27,28,31). The zero-order chi connectivity index (χ0) is 26.9. The summed E-state index contributed by atoms with van der Waals surface area (Å²) in [6, 6.07) is 7.11. The number of benzene rings is 2. The lowest BCUT2D eigenvalue weighted by molar-refractivity contribution is -0.116. The molecule has 0 aliphatic rings. The van der Waals surface area contributed by atoms with E-state index < -0.39 is 0 Å². The van der Waals surface area contributed by atoms with Crippen molar-refractivity contribution in [3.05, 3.63) is 30.5 Å². The normalized spacial score (nSPS) is 10.5. The highest BCUT2D eigenvalue weighted by Gasteiger charge is 2.21. The van der Waals surface area contributed by atoms with Gasteiger partial charge in [-0.1, -0.05) is 0 Å². The van der Waals surface area contributed by atoms with Crippen LogP contribution in [0.4, 0.5) is 11.4 Å². The molecule has 0 spiro atoms. The molecule has 0 unspecified atom stereocenters. The minimum Gasteiger partial charge on any atom is -0.494 e. The maximum Gasteiger partial charge on any atom is 0.224 e. The molecule has 7 N–H and O–H groups in total. The van der Waals surface area contributed by atoms with Gasteiger partial charge in [-0.3, -0.25) is 4.79 Å². The second-order valence-corrected chi connectivity index (χ2v) is 8.68. The number of hydrogen-bond acceptors (Lipinski definition) is 9. The van der Waals surface area contributed by atoms with Crippen LogP contribution in [0.1, 0.15) is 19.3 Å². The first-order chi connectivity index (χ1) is 17.9. The molecule has 3 rings (SSSR count). The van der Waals surface area contributed by atoms with Gasteiger partial charge in [-0.2, -0.15) is 4.37 Å². The van der Waals surface area contributed by atoms with E-state index >= 15 is 0 Å². The monoisotopic (exact) mass is 528 g/mol. The minimum absolute atomic E-state index is 0.126. The number of nitrogens with one attached hydrogen (secondary N) is 1. The van der Waals surface area contributed by atoms with Crippen molar-refractivity contribution in [2.75, 3.05) is 40.3 Å². The van der Waals surface area contributed by atoms with E-state index in [2.05, 4.69) is 14.7 Å². The zero-order valence-corrected chi connectivity index (χ0v) is 22.1. The Hall–Kier alpha value is -4.03. The summed E-state index contributed by atoms with van der Waals surface area (Å²) >= 11 is 1.28. The number of hydrogen-bond donors (Lipinski definition) is 4. The number of guanidine groups is 1. The lowest BCUT2D eigenvalue weighted by Gasteiger charge is -2.16. The smallest absolute Gasteiger partial charge is 0.224 e. The Kier molecular flexibility index (Phi) is 9.52. The van der Waals surface area contributed by atoms with E-state index in [4.69, 9.17) is 36.1 Å². The van der Waals surface area contributed by atoms with E-state index in [1.54, 1.807) is 39.7 Å². The number of aromatic nitrogens is 1. The fourth-order valence-electron chi connectivity index (χ4n) is 3.78. The van der Waals surface area contributed by atoms with Crippen LogP contribution < -0.4 is 41.5 Å². The van der Waals surface area contributed by atoms with Crippen molar-refractivity contribution in [1.29, 1.82) is 0 Å². The summed E-state index contributed by atoms with van der Waals surface area (Å²) in [7, 11) is 6.16. The lowest BCUT2D eigenvalue weighted by Crippen LogP contribution is -2.22. The fourth-order valence-corrected chi connectivity index (χ4v) is 4.53. The second-order valence-electron chi connectivity index (χ2n) is 7.88. The van der Waals surface area contributed by atoms with Gasteiger partial charge >= 0.3 is 0 Å². The molecule has 1 amide bonds. The third-order valence-corrected chi connectivity index (χ3v) is 6.34. The summed E-state index contributed by atoms with van der Waals surface area (Å²) in [6.45, 7) is 0.531. The number of anilines is 1. The molecule has 0 saturated carbocycles. The molecule has 1 heterocycles. The summed E-state index contributed by atoms with van der Waals surface area (Å²) in [5.74, 6) is 1.61. The molecule has 1 aromatic heterocycles. The van der Waals surface area contributed by atoms with Crippen LogP contribution in [0.2, 0.25) is 0 Å². The van der Waals surface area contributed by atoms with Gasteiger partial charge in [-0.05, 0) is 49.1 Å². The highest BCUT2D eigenvalue weighted by Crippen LogP contribution is 2.47. The average Bonchev–Trinajstić information content (AvgIpc) is 3.37. The van der Waals surface area contributed by atoms with Crippen molar-refractivity contribution in [3.63, 3.8) is 0 Å². The number of rotatable bonds is 12. The molecule has 37 heavy (non-hydrogen) atoms. The van der Waals surface area contributed by atoms with Crippen LogP contribution in [0, 0.1) is 0 Å². The van der Waals surface area contributed by atoms with Crippen molar-refractivity contribution < 1.29 is 23.7 Å². The molecule has 198 valence electrons. The first-order valence-corrected chi connectivity index (χ1v) is 12.2. The fraction of sp³-hybridized carbons (Fsp3) is 0.320. The van der Waals surface area contributed by atoms with Crippen LogP contribution >= 0.6 is 11.5 Å². The zero-order valence-electron chi connectivity index (χ0n) is 21.3. The van der Waals surface area contributed by atoms with Gasteiger partial charge in [0, 0.05) is 35.4 Å². The predicted molar refractivity (Wildman–Crippen MR) is 146 cm³/mol. The van der Waals surface area contributed by atoms with Crippen molar-refractivity contribution in [2.45, 2.75) is 19.3 Å². The van der Waals surface area contributed by atoms with Crippen molar-refractivity contribution >= 4 is 34.8 Å². The van der Waals surface area contributed by atoms with Crippen LogP contribution in [0.15, 0.2) is 35.5 Å². The van der Waals surface area contributed by atoms with Gasteiger partial charge in [0.1, 0.15) is 5.75 Å². The molecule has 0 radical (unpaired) electrons. The van der Waals surface area contributed by atoms with Gasteiger partial charge in [0.25, 0.3) is 0 Å². The molecule has 0 fully saturated rings. The Balaban J connectivity index is 2.17. The summed E-state index contributed by atoms with van der Waals surface area (Å²) < 4.78 is 26.4. The maximum atomic E-state index is 12.6. The van der Waals surface area contributed by atoms with Gasteiger partial charge in [-0.15, -0.1) is 0 Å². The molecule has 0 atom stereocenters. The maximum absolute atomic E-state index is 12.6. The molecule has 12 heteroatoms. The molecular weight excluding hydrogens is 496 g/mol. The van der Waals surface area contributed by atoms with Crippen LogP contribution in [0.3, 0.4) is 0 Å². The number of amides is 1. The third-order valence-electron chi connectivity index (χ3n) is 5.49. The topological polar surface area (TPSA) is 169 Å². The Labute approximate surface area is 219 Å². The lowest BCUT2D eigenvalue weighted by atomic mass is 10.00. The van der Waals surface area contributed by atoms with E-state index in [0.717, 1.165) is 22.4 Å². The van der Waals surface area contributed by atoms with Gasteiger partial charge in [0.05, 0.1) is 44.7 Å². The minimum atomic E-state index is -0.152. The average molecular weight is 529 g/mol. The van der Waals surface area contributed by atoms with Gasteiger partial charge < -0.3 is 41.5 Å². The van der Waals surface area contributed by atoms with Crippen molar-refractivity contribution in [2.24, 2.45) is 22.2 Å². The van der Waals surface area contributed by atoms with E-state index in [1.165, 1.54) is 18.6 Å². The van der Waals surface area contributed by atoms with Crippen molar-refractivity contribution in [1.82, 2.24) is 4.37 Å². The third kappa shape index (κ3) is 6.40. The number of ether oxygens (including phenoxy) is 4. The summed E-state index contributed by atoms with van der Waals surface area (Å²) in [4.78, 5) is 17.7. The molecular formula is C25H32N6O5S. The number of nitrogens with two attached hydrogens (primary N) is 3. The van der Waals surface area contributed by atoms with Gasteiger partial charge in [0.15, 0.2) is 17.5 Å². The number of methoxy groups -OCH3 is 4. The number of unbranched alkanes of at least 4 members (excludes halogenated alkanes) is 1. The van der Waals surface area contributed by atoms with Gasteiger partial charge in [-0.25, -0.2) is 4.99 Å². The molecule has 0 bridgehead atoms. The first-order valence-electron chi connectivity index (χ1n) is 11.4. The summed E-state index contributed by atoms with van der Waals surface area (Å²) in [6.07, 6.45) is 3.49. The van der Waals surface area contributed by atoms with Crippen LogP contribution in [0.5, 0.6) is 23.0 Å². The second kappa shape index (κ2) is 12.8. The highest BCUT2D eigenvalue weighted by atomic mass is 32.1. The highest BCUT2D eigenvalue weighted by molar-refractivity contribution is 7.10. The molecule has 0 aliphatic carbocycles. The Morgan fingerprint density at radius 1 is 0.946 bits per heavy atom. The molecule has 0 saturated heterocycles. The number of carbonyl (C=O) groups is 1. The Morgan fingerprint density at radius 3 is 2.19 bits per heavy atom. The van der Waals surface area contributed by atoms with Crippen molar-refractivity contribution in [3.8, 4) is 44.6 Å².